The van der Waals surface area contributed by atoms with E-state index in [0.29, 0.717) is 42.0 Å². The van der Waals surface area contributed by atoms with Crippen LogP contribution in [0.2, 0.25) is 5.02 Å². The molecule has 0 unspecified atom stereocenters. The number of ether oxygens (including phenoxy) is 1. The van der Waals surface area contributed by atoms with Gasteiger partial charge in [-0.05, 0) is 69.8 Å². The summed E-state index contributed by atoms with van der Waals surface area (Å²) in [6, 6.07) is 5.47. The average Bonchev–Trinajstić information content (AvgIpc) is 3.36. The van der Waals surface area contributed by atoms with Crippen LogP contribution in [0, 0.1) is 5.41 Å². The quantitative estimate of drug-likeness (QED) is 0.437. The number of nitrogens with zero attached hydrogens (tertiary/aromatic N) is 2. The van der Waals surface area contributed by atoms with Crippen molar-refractivity contribution in [1.29, 1.82) is 0 Å². The fraction of sp³-hybridized carbons (Fsp3) is 0.615. The minimum atomic E-state index is -0.873. The number of methoxy groups -OCH3 is 1. The van der Waals surface area contributed by atoms with Gasteiger partial charge in [0, 0.05) is 34.7 Å². The molecule has 6 nitrogen and oxygen atoms in total. The van der Waals surface area contributed by atoms with Crippen molar-refractivity contribution >= 4 is 40.2 Å². The number of aromatic nitrogens is 1. The van der Waals surface area contributed by atoms with Crippen LogP contribution in [0.4, 0.5) is 0 Å². The predicted molar refractivity (Wildman–Crippen MR) is 138 cm³/mol. The summed E-state index contributed by atoms with van der Waals surface area (Å²) in [4.78, 5) is 19.1. The summed E-state index contributed by atoms with van der Waals surface area (Å²) >= 11 is 8.52. The number of hydrogen-bond donors (Lipinski definition) is 2. The van der Waals surface area contributed by atoms with Gasteiger partial charge in [-0.15, -0.1) is 0 Å². The predicted octanol–water partition coefficient (Wildman–Crippen LogP) is 5.55. The first kappa shape index (κ1) is 25.5. The van der Waals surface area contributed by atoms with Crippen molar-refractivity contribution in [2.75, 3.05) is 32.5 Å². The van der Waals surface area contributed by atoms with Crippen molar-refractivity contribution in [3.8, 4) is 5.75 Å². The fourth-order valence-electron chi connectivity index (χ4n) is 5.37. The number of pyridine rings is 1. The molecule has 1 saturated carbocycles. The van der Waals surface area contributed by atoms with Crippen LogP contribution >= 0.6 is 23.4 Å². The van der Waals surface area contributed by atoms with E-state index in [1.165, 1.54) is 25.7 Å². The van der Waals surface area contributed by atoms with Crippen LogP contribution in [-0.2, 0) is 4.79 Å². The van der Waals surface area contributed by atoms with Crippen LogP contribution in [-0.4, -0.2) is 63.8 Å². The molecule has 8 heteroatoms. The second kappa shape index (κ2) is 11.5. The standard InChI is InChI=1S/C26H35ClN2O4S/c1-33-18-6-7-22-20(16-18)24(21(27)17-28-22)23(30)8-9-26(25(31)32)10-12-29(13-11-26)14-15-34-19-4-2-3-5-19/h6-7,16-17,19,23,30H,2-5,8-15H2,1H3,(H,31,32)/t23-/m0/s1. The highest BCUT2D eigenvalue weighted by molar-refractivity contribution is 7.99. The summed E-state index contributed by atoms with van der Waals surface area (Å²) in [7, 11) is 1.59. The molecule has 1 aliphatic heterocycles. The number of aliphatic hydroxyl groups excluding tert-OH is 1. The molecule has 1 aromatic heterocycles. The van der Waals surface area contributed by atoms with Crippen LogP contribution < -0.4 is 4.74 Å². The summed E-state index contributed by atoms with van der Waals surface area (Å²) in [6.45, 7) is 2.62. The van der Waals surface area contributed by atoms with E-state index in [0.717, 1.165) is 41.5 Å². The zero-order valence-corrected chi connectivity index (χ0v) is 21.4. The van der Waals surface area contributed by atoms with E-state index in [-0.39, 0.29) is 0 Å². The second-order valence-electron chi connectivity index (χ2n) is 9.66. The van der Waals surface area contributed by atoms with E-state index in [2.05, 4.69) is 21.6 Å². The third kappa shape index (κ3) is 5.81. The van der Waals surface area contributed by atoms with E-state index in [1.54, 1.807) is 13.3 Å². The molecule has 2 aromatic rings. The van der Waals surface area contributed by atoms with Gasteiger partial charge in [-0.3, -0.25) is 9.78 Å². The molecule has 2 N–H and O–H groups in total. The topological polar surface area (TPSA) is 82.9 Å². The van der Waals surface area contributed by atoms with E-state index < -0.39 is 17.5 Å². The highest BCUT2D eigenvalue weighted by Gasteiger charge is 2.41. The first-order valence-electron chi connectivity index (χ1n) is 12.3. The molecule has 186 valence electrons. The van der Waals surface area contributed by atoms with E-state index in [1.807, 2.05) is 18.2 Å². The van der Waals surface area contributed by atoms with Crippen LogP contribution in [0.3, 0.4) is 0 Å². The van der Waals surface area contributed by atoms with Crippen molar-refractivity contribution in [1.82, 2.24) is 9.88 Å². The molecule has 0 spiro atoms. The Kier molecular flexibility index (Phi) is 8.61. The molecule has 1 atom stereocenters. The summed E-state index contributed by atoms with van der Waals surface area (Å²) in [6.07, 6.45) is 8.07. The van der Waals surface area contributed by atoms with Gasteiger partial charge >= 0.3 is 5.97 Å². The summed E-state index contributed by atoms with van der Waals surface area (Å²) in [5.41, 5.74) is 0.506. The largest absolute Gasteiger partial charge is 0.497 e. The molecule has 0 bridgehead atoms. The maximum absolute atomic E-state index is 12.3. The lowest BCUT2D eigenvalue weighted by Crippen LogP contribution is -2.45. The first-order valence-corrected chi connectivity index (χ1v) is 13.7. The number of rotatable bonds is 10. The Balaban J connectivity index is 1.37. The number of carbonyl (C=O) groups is 1. The van der Waals surface area contributed by atoms with Gasteiger partial charge in [0.15, 0.2) is 0 Å². The highest BCUT2D eigenvalue weighted by atomic mass is 35.5. The number of aliphatic carboxylic acids is 1. The van der Waals surface area contributed by atoms with Gasteiger partial charge in [0.25, 0.3) is 0 Å². The fourth-order valence-corrected chi connectivity index (χ4v) is 7.01. The number of likely N-dealkylation sites (tertiary alicyclic amines) is 1. The molecule has 34 heavy (non-hydrogen) atoms. The zero-order valence-electron chi connectivity index (χ0n) is 19.8. The SMILES string of the molecule is COc1ccc2ncc(Cl)c([C@@H](O)CCC3(C(=O)O)CCN(CCSC4CCCC4)CC3)c2c1. The van der Waals surface area contributed by atoms with Gasteiger partial charge in [-0.1, -0.05) is 24.4 Å². The van der Waals surface area contributed by atoms with Gasteiger partial charge in [0.1, 0.15) is 5.75 Å². The number of carboxylic acids is 1. The van der Waals surface area contributed by atoms with Crippen LogP contribution in [0.15, 0.2) is 24.4 Å². The van der Waals surface area contributed by atoms with Gasteiger partial charge in [0.2, 0.25) is 0 Å². The van der Waals surface area contributed by atoms with E-state index in [4.69, 9.17) is 16.3 Å². The lowest BCUT2D eigenvalue weighted by atomic mass is 9.74. The molecule has 0 amide bonds. The number of aliphatic hydroxyl groups is 1. The summed E-state index contributed by atoms with van der Waals surface area (Å²) in [5.74, 6) is 1.03. The van der Waals surface area contributed by atoms with Crippen LogP contribution in [0.5, 0.6) is 5.75 Å². The number of hydrogen-bond acceptors (Lipinski definition) is 6. The smallest absolute Gasteiger partial charge is 0.309 e. The van der Waals surface area contributed by atoms with Crippen molar-refractivity contribution < 1.29 is 19.7 Å². The minimum absolute atomic E-state index is 0.333. The molecule has 2 heterocycles. The molecule has 1 saturated heterocycles. The van der Waals surface area contributed by atoms with Gasteiger partial charge in [-0.2, -0.15) is 11.8 Å². The number of carboxylic acid groups (broad SMARTS) is 1. The third-order valence-corrected chi connectivity index (χ3v) is 9.29. The lowest BCUT2D eigenvalue weighted by molar-refractivity contribution is -0.153. The number of fused-ring (bicyclic) bond motifs is 1. The average molecular weight is 507 g/mol. The Bertz CT molecular complexity index is 990. The summed E-state index contributed by atoms with van der Waals surface area (Å²) in [5, 5.41) is 23.2. The Morgan fingerprint density at radius 1 is 1.32 bits per heavy atom. The number of benzene rings is 1. The second-order valence-corrected chi connectivity index (χ2v) is 11.5. The van der Waals surface area contributed by atoms with Gasteiger partial charge in [0.05, 0.1) is 29.2 Å². The normalized spacial score (nSPS) is 20.0. The highest BCUT2D eigenvalue weighted by Crippen LogP contribution is 2.41. The molecule has 2 fully saturated rings. The van der Waals surface area contributed by atoms with Crippen LogP contribution in [0.1, 0.15) is 63.0 Å². The maximum atomic E-state index is 12.3. The Hall–Kier alpha value is -1.54. The Morgan fingerprint density at radius 3 is 2.74 bits per heavy atom. The van der Waals surface area contributed by atoms with Crippen molar-refractivity contribution in [3.05, 3.63) is 35.0 Å². The van der Waals surface area contributed by atoms with E-state index >= 15 is 0 Å². The van der Waals surface area contributed by atoms with Crippen molar-refractivity contribution in [2.24, 2.45) is 5.41 Å². The Labute approximate surface area is 211 Å². The molecule has 1 aromatic carbocycles. The molecule has 2 aliphatic rings. The summed E-state index contributed by atoms with van der Waals surface area (Å²) < 4.78 is 5.33. The van der Waals surface area contributed by atoms with Crippen molar-refractivity contribution in [3.63, 3.8) is 0 Å². The number of piperidine rings is 1. The molecule has 0 radical (unpaired) electrons. The molecule has 4 rings (SSSR count). The zero-order chi connectivity index (χ0) is 24.1. The lowest BCUT2D eigenvalue weighted by Gasteiger charge is -2.39. The Morgan fingerprint density at radius 2 is 2.06 bits per heavy atom. The van der Waals surface area contributed by atoms with E-state index in [9.17, 15) is 15.0 Å². The number of halogens is 1. The molecular formula is C26H35ClN2O4S. The van der Waals surface area contributed by atoms with Crippen LogP contribution in [0.25, 0.3) is 10.9 Å². The molecular weight excluding hydrogens is 472 g/mol. The molecule has 1 aliphatic carbocycles. The number of thioether (sulfide) groups is 1. The van der Waals surface area contributed by atoms with Gasteiger partial charge in [-0.25, -0.2) is 0 Å². The van der Waals surface area contributed by atoms with Crippen molar-refractivity contribution in [2.45, 2.75) is 62.7 Å². The van der Waals surface area contributed by atoms with Gasteiger partial charge < -0.3 is 19.8 Å². The first-order chi connectivity index (χ1) is 16.4. The monoisotopic (exact) mass is 506 g/mol. The minimum Gasteiger partial charge on any atom is -0.497 e. The third-order valence-electron chi connectivity index (χ3n) is 7.63. The maximum Gasteiger partial charge on any atom is 0.309 e.